The maximum absolute atomic E-state index is 13.8. The molecule has 0 radical (unpaired) electrons. The van der Waals surface area contributed by atoms with Crippen LogP contribution in [0.4, 0.5) is 10.5 Å². The van der Waals surface area contributed by atoms with Crippen LogP contribution in [0.15, 0.2) is 18.2 Å². The highest BCUT2D eigenvalue weighted by molar-refractivity contribution is 7.89. The molecule has 1 aromatic carbocycles. The lowest BCUT2D eigenvalue weighted by atomic mass is 9.85. The summed E-state index contributed by atoms with van der Waals surface area (Å²) in [6, 6.07) is 2.37. The number of nitrogens with one attached hydrogen (secondary N) is 1. The Kier molecular flexibility index (Phi) is 15.9. The number of ether oxygens (including phenoxy) is 3. The highest BCUT2D eigenvalue weighted by Gasteiger charge is 2.55. The van der Waals surface area contributed by atoms with Crippen LogP contribution >= 0.6 is 0 Å². The number of hydrogen-bond acceptors (Lipinski definition) is 10. The number of sulfonamides is 1. The number of carbonyl (C=O) groups excluding carboxylic acids is 5. The molecule has 0 aromatic heterocycles. The van der Waals surface area contributed by atoms with Crippen LogP contribution < -0.4 is 10.1 Å². The van der Waals surface area contributed by atoms with Gasteiger partial charge in [-0.25, -0.2) is 22.9 Å². The Morgan fingerprint density at radius 2 is 1.58 bits per heavy atom. The quantitative estimate of drug-likeness (QED) is 0.0828. The van der Waals surface area contributed by atoms with Gasteiger partial charge in [0.25, 0.3) is 11.8 Å². The second-order valence-corrected chi connectivity index (χ2v) is 18.1. The molecule has 0 spiro atoms. The molecule has 14 heteroatoms. The second kappa shape index (κ2) is 19.2. The third-order valence-corrected chi connectivity index (χ3v) is 11.3. The summed E-state index contributed by atoms with van der Waals surface area (Å²) in [6.07, 6.45) is 10.0. The van der Waals surface area contributed by atoms with Gasteiger partial charge in [0.2, 0.25) is 10.0 Å². The Labute approximate surface area is 315 Å². The molecular formula is C39H61N3O10S. The number of esters is 1. The molecule has 1 aromatic rings. The molecule has 298 valence electrons. The van der Waals surface area contributed by atoms with Crippen molar-refractivity contribution < 1.29 is 46.6 Å². The van der Waals surface area contributed by atoms with E-state index in [9.17, 15) is 32.4 Å². The summed E-state index contributed by atoms with van der Waals surface area (Å²) in [4.78, 5) is 67.0. The van der Waals surface area contributed by atoms with E-state index in [0.717, 1.165) is 19.3 Å². The number of amides is 3. The van der Waals surface area contributed by atoms with Gasteiger partial charge in [0.05, 0.1) is 29.7 Å². The average Bonchev–Trinajstić information content (AvgIpc) is 3.27. The molecule has 3 amide bonds. The second-order valence-electron chi connectivity index (χ2n) is 16.0. The van der Waals surface area contributed by atoms with Crippen molar-refractivity contribution in [3.8, 4) is 5.75 Å². The highest BCUT2D eigenvalue weighted by Crippen LogP contribution is 2.32. The first-order valence-electron chi connectivity index (χ1n) is 19.2. The molecule has 1 N–H and O–H groups in total. The summed E-state index contributed by atoms with van der Waals surface area (Å²) >= 11 is 0. The minimum atomic E-state index is -3.50. The van der Waals surface area contributed by atoms with E-state index in [4.69, 9.17) is 14.2 Å². The lowest BCUT2D eigenvalue weighted by molar-refractivity contribution is -0.145. The van der Waals surface area contributed by atoms with Crippen molar-refractivity contribution in [1.29, 1.82) is 0 Å². The van der Waals surface area contributed by atoms with Gasteiger partial charge >= 0.3 is 12.1 Å². The molecule has 2 unspecified atom stereocenters. The van der Waals surface area contributed by atoms with Crippen LogP contribution in [0.1, 0.15) is 143 Å². The first-order chi connectivity index (χ1) is 24.8. The Morgan fingerprint density at radius 1 is 0.981 bits per heavy atom. The van der Waals surface area contributed by atoms with Crippen LogP contribution in [-0.2, 0) is 33.9 Å². The minimum Gasteiger partial charge on any atom is -0.489 e. The number of rotatable bonds is 20. The molecule has 53 heavy (non-hydrogen) atoms. The first-order valence-corrected chi connectivity index (χ1v) is 20.8. The SMILES string of the molecule is CCCCCCCCCCCCS(=O)(=O)N1CCCC(OC(=O)c2ccc(NC(=O)C(C(=O)C(C)(C)C)N3C(=O)OC(C)(C)C3=O)c(OC(C)C)c2)C1. The zero-order chi connectivity index (χ0) is 39.6. The standard InChI is InChI=1S/C39H61N3O10S/c1-9-10-11-12-13-14-15-16-17-18-24-53(48,49)41-23-19-20-29(26-41)51-35(45)28-21-22-30(31(25-28)50-27(2)3)40-34(44)32(33(43)38(4,5)6)42-36(46)39(7,8)52-37(42)47/h21-22,25,27,29,32H,9-20,23-24,26H2,1-8H3,(H,40,44). The maximum Gasteiger partial charge on any atom is 0.418 e. The van der Waals surface area contributed by atoms with Crippen LogP contribution in [0.3, 0.4) is 0 Å². The zero-order valence-electron chi connectivity index (χ0n) is 33.0. The predicted molar refractivity (Wildman–Crippen MR) is 202 cm³/mol. The molecule has 2 fully saturated rings. The molecule has 2 saturated heterocycles. The molecule has 2 aliphatic rings. The van der Waals surface area contributed by atoms with Gasteiger partial charge in [-0.3, -0.25) is 14.4 Å². The predicted octanol–water partition coefficient (Wildman–Crippen LogP) is 7.03. The van der Waals surface area contributed by atoms with Crippen LogP contribution in [0.25, 0.3) is 0 Å². The number of carbonyl (C=O) groups is 5. The summed E-state index contributed by atoms with van der Waals surface area (Å²) in [5, 5.41) is 2.61. The third-order valence-electron chi connectivity index (χ3n) is 9.37. The van der Waals surface area contributed by atoms with Gasteiger partial charge in [0.15, 0.2) is 17.4 Å². The number of ketones is 1. The van der Waals surface area contributed by atoms with E-state index >= 15 is 0 Å². The summed E-state index contributed by atoms with van der Waals surface area (Å²) in [5.74, 6) is -3.01. The van der Waals surface area contributed by atoms with Gasteiger partial charge in [-0.15, -0.1) is 0 Å². The number of benzene rings is 1. The van der Waals surface area contributed by atoms with Crippen molar-refractivity contribution in [2.75, 3.05) is 24.2 Å². The van der Waals surface area contributed by atoms with E-state index in [1.165, 1.54) is 74.9 Å². The normalized spacial score (nSPS) is 18.5. The molecule has 0 bridgehead atoms. The largest absolute Gasteiger partial charge is 0.489 e. The molecular weight excluding hydrogens is 703 g/mol. The van der Waals surface area contributed by atoms with Crippen molar-refractivity contribution >= 4 is 45.4 Å². The van der Waals surface area contributed by atoms with E-state index in [1.54, 1.807) is 34.6 Å². The smallest absolute Gasteiger partial charge is 0.418 e. The highest BCUT2D eigenvalue weighted by atomic mass is 32.2. The van der Waals surface area contributed by atoms with Gasteiger partial charge in [0.1, 0.15) is 11.9 Å². The van der Waals surface area contributed by atoms with Crippen molar-refractivity contribution in [3.05, 3.63) is 23.8 Å². The van der Waals surface area contributed by atoms with Crippen molar-refractivity contribution in [2.24, 2.45) is 5.41 Å². The van der Waals surface area contributed by atoms with E-state index in [0.29, 0.717) is 30.7 Å². The van der Waals surface area contributed by atoms with Crippen LogP contribution in [-0.4, -0.2) is 90.0 Å². The van der Waals surface area contributed by atoms with E-state index < -0.39 is 68.9 Å². The first kappa shape index (κ1) is 43.9. The summed E-state index contributed by atoms with van der Waals surface area (Å²) < 4.78 is 44.6. The van der Waals surface area contributed by atoms with Crippen LogP contribution in [0.2, 0.25) is 0 Å². The number of piperidine rings is 1. The third kappa shape index (κ3) is 12.5. The lowest BCUT2D eigenvalue weighted by Crippen LogP contribution is -2.55. The number of hydrogen-bond donors (Lipinski definition) is 1. The number of nitrogens with zero attached hydrogens (tertiary/aromatic N) is 2. The molecule has 0 aliphatic carbocycles. The molecule has 13 nitrogen and oxygen atoms in total. The Balaban J connectivity index is 1.66. The van der Waals surface area contributed by atoms with Crippen molar-refractivity contribution in [1.82, 2.24) is 9.21 Å². The lowest BCUT2D eigenvalue weighted by Gasteiger charge is -2.31. The van der Waals surface area contributed by atoms with Gasteiger partial charge < -0.3 is 19.5 Å². The number of anilines is 1. The Bertz CT molecular complexity index is 1570. The van der Waals surface area contributed by atoms with E-state index in [-0.39, 0.29) is 29.3 Å². The molecule has 3 rings (SSSR count). The molecule has 2 aliphatic heterocycles. The monoisotopic (exact) mass is 763 g/mol. The number of cyclic esters (lactones) is 1. The number of Topliss-reactive ketones (excluding diaryl/α,β-unsaturated/α-hetero) is 1. The molecule has 2 heterocycles. The minimum absolute atomic E-state index is 0.0698. The van der Waals surface area contributed by atoms with E-state index in [2.05, 4.69) is 12.2 Å². The van der Waals surface area contributed by atoms with Gasteiger partial charge in [0, 0.05) is 12.0 Å². The van der Waals surface area contributed by atoms with Gasteiger partial charge in [-0.1, -0.05) is 85.5 Å². The zero-order valence-corrected chi connectivity index (χ0v) is 33.8. The fraction of sp³-hybridized carbons (Fsp3) is 0.718. The number of unbranched alkanes of at least 4 members (excludes halogenated alkanes) is 9. The van der Waals surface area contributed by atoms with Crippen LogP contribution in [0, 0.1) is 5.41 Å². The summed E-state index contributed by atoms with van der Waals surface area (Å²) in [7, 11) is -3.50. The van der Waals surface area contributed by atoms with Gasteiger partial charge in [-0.05, 0) is 65.2 Å². The van der Waals surface area contributed by atoms with Crippen molar-refractivity contribution in [3.63, 3.8) is 0 Å². The number of imide groups is 1. The average molecular weight is 764 g/mol. The summed E-state index contributed by atoms with van der Waals surface area (Å²) in [6.45, 7) is 13.6. The van der Waals surface area contributed by atoms with Crippen molar-refractivity contribution in [2.45, 2.75) is 156 Å². The fourth-order valence-electron chi connectivity index (χ4n) is 6.35. The molecule has 2 atom stereocenters. The van der Waals surface area contributed by atoms with Gasteiger partial charge in [-0.2, -0.15) is 4.31 Å². The Morgan fingerprint density at radius 3 is 2.13 bits per heavy atom. The topological polar surface area (TPSA) is 166 Å². The summed E-state index contributed by atoms with van der Waals surface area (Å²) in [5.41, 5.74) is -2.48. The maximum atomic E-state index is 13.8. The van der Waals surface area contributed by atoms with E-state index in [1.807, 2.05) is 0 Å². The molecule has 0 saturated carbocycles. The Hall–Kier alpha value is -3.52. The van der Waals surface area contributed by atoms with Crippen LogP contribution in [0.5, 0.6) is 5.75 Å². The fourth-order valence-corrected chi connectivity index (χ4v) is 7.98.